The van der Waals surface area contributed by atoms with Crippen LogP contribution in [0.3, 0.4) is 0 Å². The molecule has 0 spiro atoms. The van der Waals surface area contributed by atoms with Crippen molar-refractivity contribution in [2.75, 3.05) is 12.4 Å². The summed E-state index contributed by atoms with van der Waals surface area (Å²) in [5.74, 6) is 0.651. The molecular weight excluding hydrogens is 408 g/mol. The number of nitrogens with one attached hydrogen (secondary N) is 1. The maximum Gasteiger partial charge on any atom is 0.261 e. The Morgan fingerprint density at radius 2 is 2.08 bits per heavy atom. The van der Waals surface area contributed by atoms with E-state index in [4.69, 9.17) is 20.9 Å². The van der Waals surface area contributed by atoms with Gasteiger partial charge in [0.1, 0.15) is 22.8 Å². The molecule has 0 atom stereocenters. The third-order valence-electron chi connectivity index (χ3n) is 3.60. The van der Waals surface area contributed by atoms with Crippen LogP contribution in [0.25, 0.3) is 11.3 Å². The van der Waals surface area contributed by atoms with Gasteiger partial charge in [-0.15, -0.1) is 0 Å². The summed E-state index contributed by atoms with van der Waals surface area (Å²) in [4.78, 5) is 12.7. The van der Waals surface area contributed by atoms with Crippen molar-refractivity contribution in [3.63, 3.8) is 0 Å². The van der Waals surface area contributed by atoms with E-state index in [2.05, 4.69) is 26.4 Å². The monoisotopic (exact) mass is 420 g/mol. The zero-order chi connectivity index (χ0) is 18.0. The molecule has 0 unspecified atom stereocenters. The van der Waals surface area contributed by atoms with E-state index in [0.29, 0.717) is 33.5 Å². The summed E-state index contributed by atoms with van der Waals surface area (Å²) in [6.07, 6.45) is 0. The van der Waals surface area contributed by atoms with Gasteiger partial charge in [0.25, 0.3) is 5.91 Å². The summed E-state index contributed by atoms with van der Waals surface area (Å²) in [5.41, 5.74) is 2.20. The van der Waals surface area contributed by atoms with Crippen LogP contribution in [0.15, 0.2) is 51.5 Å². The van der Waals surface area contributed by atoms with E-state index < -0.39 is 0 Å². The second kappa shape index (κ2) is 7.29. The maximum atomic E-state index is 12.7. The first kappa shape index (κ1) is 17.5. The normalized spacial score (nSPS) is 10.6. The highest BCUT2D eigenvalue weighted by Crippen LogP contribution is 2.30. The van der Waals surface area contributed by atoms with E-state index in [9.17, 15) is 4.79 Å². The number of aryl methyl sites for hydroxylation is 1. The number of benzene rings is 2. The van der Waals surface area contributed by atoms with Crippen LogP contribution in [-0.2, 0) is 0 Å². The van der Waals surface area contributed by atoms with Crippen LogP contribution in [0, 0.1) is 6.92 Å². The molecule has 1 aromatic heterocycles. The van der Waals surface area contributed by atoms with Gasteiger partial charge in [-0.05, 0) is 37.3 Å². The van der Waals surface area contributed by atoms with Gasteiger partial charge in [0, 0.05) is 15.7 Å². The topological polar surface area (TPSA) is 64.4 Å². The highest BCUT2D eigenvalue weighted by molar-refractivity contribution is 9.10. The first-order valence-electron chi connectivity index (χ1n) is 7.36. The SMILES string of the molecule is COc1ccc(NC(=O)c2c(-c3cccc(Br)c3)noc2C)cc1Cl. The lowest BCUT2D eigenvalue weighted by Crippen LogP contribution is -2.13. The summed E-state index contributed by atoms with van der Waals surface area (Å²) in [5, 5.41) is 7.26. The number of ether oxygens (including phenoxy) is 1. The Morgan fingerprint density at radius 3 is 2.76 bits per heavy atom. The molecule has 1 heterocycles. The van der Waals surface area contributed by atoms with Gasteiger partial charge in [-0.25, -0.2) is 0 Å². The molecule has 1 N–H and O–H groups in total. The molecular formula is C18H14BrClN2O3. The van der Waals surface area contributed by atoms with Crippen molar-refractivity contribution < 1.29 is 14.1 Å². The number of aromatic nitrogens is 1. The van der Waals surface area contributed by atoms with Gasteiger partial charge < -0.3 is 14.6 Å². The van der Waals surface area contributed by atoms with Crippen LogP contribution in [0.1, 0.15) is 16.1 Å². The number of carbonyl (C=O) groups is 1. The second-order valence-corrected chi connectivity index (χ2v) is 6.60. The quantitative estimate of drug-likeness (QED) is 0.618. The largest absolute Gasteiger partial charge is 0.495 e. The molecule has 2 aromatic carbocycles. The van der Waals surface area contributed by atoms with E-state index in [-0.39, 0.29) is 5.91 Å². The molecule has 7 heteroatoms. The molecule has 0 radical (unpaired) electrons. The number of anilines is 1. The maximum absolute atomic E-state index is 12.7. The third kappa shape index (κ3) is 3.70. The van der Waals surface area contributed by atoms with Gasteiger partial charge in [0.15, 0.2) is 0 Å². The molecule has 5 nitrogen and oxygen atoms in total. The fraction of sp³-hybridized carbons (Fsp3) is 0.111. The number of halogens is 2. The molecule has 3 rings (SSSR count). The lowest BCUT2D eigenvalue weighted by Gasteiger charge is -2.08. The molecule has 3 aromatic rings. The number of methoxy groups -OCH3 is 1. The molecule has 0 fully saturated rings. The standard InChI is InChI=1S/C18H14BrClN2O3/c1-10-16(17(22-25-10)11-4-3-5-12(19)8-11)18(23)21-13-6-7-15(24-2)14(20)9-13/h3-9H,1-2H3,(H,21,23). The van der Waals surface area contributed by atoms with Crippen LogP contribution in [0.2, 0.25) is 5.02 Å². The van der Waals surface area contributed by atoms with Crippen molar-refractivity contribution in [1.29, 1.82) is 0 Å². The Morgan fingerprint density at radius 1 is 1.28 bits per heavy atom. The van der Waals surface area contributed by atoms with E-state index in [1.807, 2.05) is 24.3 Å². The minimum absolute atomic E-state index is 0.324. The van der Waals surface area contributed by atoms with Crippen molar-refractivity contribution in [3.05, 3.63) is 63.3 Å². The van der Waals surface area contributed by atoms with Gasteiger partial charge in [-0.1, -0.05) is 44.8 Å². The van der Waals surface area contributed by atoms with Crippen LogP contribution in [0.4, 0.5) is 5.69 Å². The fourth-order valence-corrected chi connectivity index (χ4v) is 3.07. The van der Waals surface area contributed by atoms with E-state index >= 15 is 0 Å². The van der Waals surface area contributed by atoms with Gasteiger partial charge in [0.2, 0.25) is 0 Å². The van der Waals surface area contributed by atoms with Crippen LogP contribution < -0.4 is 10.1 Å². The molecule has 1 amide bonds. The Bertz CT molecular complexity index is 940. The van der Waals surface area contributed by atoms with Crippen molar-refractivity contribution in [3.8, 4) is 17.0 Å². The molecule has 128 valence electrons. The predicted octanol–water partition coefficient (Wildman–Crippen LogP) is 5.33. The number of carbonyl (C=O) groups excluding carboxylic acids is 1. The fourth-order valence-electron chi connectivity index (χ4n) is 2.41. The van der Waals surface area contributed by atoms with Crippen molar-refractivity contribution >= 4 is 39.1 Å². The zero-order valence-electron chi connectivity index (χ0n) is 13.5. The van der Waals surface area contributed by atoms with Crippen LogP contribution >= 0.6 is 27.5 Å². The average Bonchev–Trinajstić information content (AvgIpc) is 2.97. The number of amides is 1. The molecule has 25 heavy (non-hydrogen) atoms. The van der Waals surface area contributed by atoms with Crippen molar-refractivity contribution in [2.24, 2.45) is 0 Å². The first-order valence-corrected chi connectivity index (χ1v) is 8.54. The van der Waals surface area contributed by atoms with Crippen molar-refractivity contribution in [1.82, 2.24) is 5.16 Å². The number of rotatable bonds is 4. The summed E-state index contributed by atoms with van der Waals surface area (Å²) in [6.45, 7) is 1.70. The molecule has 0 aliphatic heterocycles. The summed E-state index contributed by atoms with van der Waals surface area (Å²) in [6, 6.07) is 12.5. The van der Waals surface area contributed by atoms with Gasteiger partial charge >= 0.3 is 0 Å². The molecule has 0 aliphatic rings. The zero-order valence-corrected chi connectivity index (χ0v) is 15.8. The second-order valence-electron chi connectivity index (χ2n) is 5.28. The minimum atomic E-state index is -0.324. The van der Waals surface area contributed by atoms with Gasteiger partial charge in [-0.2, -0.15) is 0 Å². The Kier molecular flexibility index (Phi) is 5.11. The molecule has 0 aliphatic carbocycles. The van der Waals surface area contributed by atoms with E-state index in [1.165, 1.54) is 7.11 Å². The van der Waals surface area contributed by atoms with E-state index in [0.717, 1.165) is 10.0 Å². The predicted molar refractivity (Wildman–Crippen MR) is 100 cm³/mol. The molecule has 0 bridgehead atoms. The summed E-state index contributed by atoms with van der Waals surface area (Å²) >= 11 is 9.52. The first-order chi connectivity index (χ1) is 12.0. The van der Waals surface area contributed by atoms with Gasteiger partial charge in [-0.3, -0.25) is 4.79 Å². The summed E-state index contributed by atoms with van der Waals surface area (Å²) in [7, 11) is 1.53. The number of nitrogens with zero attached hydrogens (tertiary/aromatic N) is 1. The molecule has 0 saturated carbocycles. The van der Waals surface area contributed by atoms with Crippen LogP contribution in [0.5, 0.6) is 5.75 Å². The van der Waals surface area contributed by atoms with E-state index in [1.54, 1.807) is 25.1 Å². The highest BCUT2D eigenvalue weighted by Gasteiger charge is 2.22. The third-order valence-corrected chi connectivity index (χ3v) is 4.39. The molecule has 0 saturated heterocycles. The van der Waals surface area contributed by atoms with Crippen molar-refractivity contribution in [2.45, 2.75) is 6.92 Å². The average molecular weight is 422 g/mol. The number of hydrogen-bond donors (Lipinski definition) is 1. The number of hydrogen-bond acceptors (Lipinski definition) is 4. The lowest BCUT2D eigenvalue weighted by molar-refractivity contribution is 0.102. The Labute approximate surface area is 158 Å². The summed E-state index contributed by atoms with van der Waals surface area (Å²) < 4.78 is 11.2. The smallest absolute Gasteiger partial charge is 0.261 e. The lowest BCUT2D eigenvalue weighted by atomic mass is 10.1. The Hall–Kier alpha value is -2.31. The Balaban J connectivity index is 1.93. The van der Waals surface area contributed by atoms with Crippen LogP contribution in [-0.4, -0.2) is 18.2 Å². The highest BCUT2D eigenvalue weighted by atomic mass is 79.9. The minimum Gasteiger partial charge on any atom is -0.495 e. The van der Waals surface area contributed by atoms with Gasteiger partial charge in [0.05, 0.1) is 12.1 Å².